The molecule has 2 N–H and O–H groups in total. The third-order valence-corrected chi connectivity index (χ3v) is 0.540. The molecule has 0 aliphatic heterocycles. The molecular weight excluding hydrogens is 196 g/mol. The maximum atomic E-state index is 9.60. The molecule has 86 valence electrons. The van der Waals surface area contributed by atoms with E-state index >= 15 is 0 Å². The van der Waals surface area contributed by atoms with Gasteiger partial charge in [-0.05, 0) is 6.92 Å². The van der Waals surface area contributed by atoms with Crippen LogP contribution >= 0.6 is 0 Å². The fourth-order valence-electron chi connectivity index (χ4n) is 0. The molecule has 0 aliphatic carbocycles. The van der Waals surface area contributed by atoms with Crippen LogP contribution in [0.5, 0.6) is 0 Å². The van der Waals surface area contributed by atoms with E-state index in [0.29, 0.717) is 0 Å². The quantitative estimate of drug-likeness (QED) is 0.547. The normalized spacial score (nSPS) is 5.67. The molecule has 0 aromatic heterocycles. The molecule has 0 fully saturated rings. The zero-order valence-corrected chi connectivity index (χ0v) is 9.03. The van der Waals surface area contributed by atoms with Gasteiger partial charge in [-0.3, -0.25) is 0 Å². The van der Waals surface area contributed by atoms with Gasteiger partial charge in [0.2, 0.25) is 0 Å². The van der Waals surface area contributed by atoms with E-state index in [2.05, 4.69) is 39.5 Å². The lowest BCUT2D eigenvalue weighted by atomic mass is 10.4. The lowest BCUT2D eigenvalue weighted by molar-refractivity contribution is -0.133. The Hall–Kier alpha value is -2.10. The molecular formula is C11H18O4. The molecule has 0 aromatic rings. The van der Waals surface area contributed by atoms with Crippen LogP contribution in [0.3, 0.4) is 0 Å². The molecule has 0 atom stereocenters. The van der Waals surface area contributed by atoms with E-state index in [9.17, 15) is 9.59 Å². The average Bonchev–Trinajstić information content (AvgIpc) is 2.24. The van der Waals surface area contributed by atoms with Gasteiger partial charge in [0.1, 0.15) is 0 Å². The zero-order valence-electron chi connectivity index (χ0n) is 9.03. The molecule has 0 bridgehead atoms. The predicted molar refractivity (Wildman–Crippen MR) is 62.8 cm³/mol. The van der Waals surface area contributed by atoms with Gasteiger partial charge in [0, 0.05) is 11.6 Å². The Morgan fingerprint density at radius 3 is 1.20 bits per heavy atom. The van der Waals surface area contributed by atoms with Crippen LogP contribution in [0.15, 0.2) is 51.1 Å². The van der Waals surface area contributed by atoms with Gasteiger partial charge in [0.15, 0.2) is 0 Å². The number of aliphatic carboxylic acids is 2. The maximum absolute atomic E-state index is 9.60. The molecule has 0 amide bonds. The third-order valence-electron chi connectivity index (χ3n) is 0.540. The first-order valence-corrected chi connectivity index (χ1v) is 3.66. The minimum atomic E-state index is -0.981. The average molecular weight is 214 g/mol. The van der Waals surface area contributed by atoms with Gasteiger partial charge in [0.05, 0.1) is 0 Å². The maximum Gasteiger partial charge on any atom is 0.330 e. The molecule has 0 aliphatic rings. The summed E-state index contributed by atoms with van der Waals surface area (Å²) < 4.78 is 0. The van der Waals surface area contributed by atoms with Gasteiger partial charge in [-0.25, -0.2) is 9.59 Å². The molecule has 0 unspecified atom stereocenters. The molecule has 4 heteroatoms. The van der Waals surface area contributed by atoms with E-state index in [0.717, 1.165) is 6.08 Å². The Balaban J connectivity index is -0.0000000610. The Labute approximate surface area is 90.6 Å². The van der Waals surface area contributed by atoms with Crippen molar-refractivity contribution in [2.45, 2.75) is 6.92 Å². The fraction of sp³-hybridized carbons (Fsp3) is 0.0909. The number of carboxylic acids is 2. The van der Waals surface area contributed by atoms with Gasteiger partial charge in [-0.1, -0.05) is 13.2 Å². The summed E-state index contributed by atoms with van der Waals surface area (Å²) in [7, 11) is 0. The zero-order chi connectivity index (χ0) is 13.4. The predicted octanol–water partition coefficient (Wildman–Crippen LogP) is 2.51. The summed E-state index contributed by atoms with van der Waals surface area (Å²) in [5.41, 5.74) is 0.176. The highest BCUT2D eigenvalue weighted by molar-refractivity contribution is 5.84. The molecule has 0 aromatic carbocycles. The first-order valence-electron chi connectivity index (χ1n) is 3.66. The van der Waals surface area contributed by atoms with Crippen molar-refractivity contribution in [1.82, 2.24) is 0 Å². The molecule has 0 saturated heterocycles. The van der Waals surface area contributed by atoms with Crippen LogP contribution in [0, 0.1) is 0 Å². The number of hydrogen-bond acceptors (Lipinski definition) is 2. The van der Waals surface area contributed by atoms with Crippen molar-refractivity contribution in [2.75, 3.05) is 0 Å². The van der Waals surface area contributed by atoms with Gasteiger partial charge >= 0.3 is 11.9 Å². The number of hydrogen-bond donors (Lipinski definition) is 2. The minimum absolute atomic E-state index is 0.176. The Morgan fingerprint density at radius 2 is 1.20 bits per heavy atom. The highest BCUT2D eigenvalue weighted by Crippen LogP contribution is 1.81. The van der Waals surface area contributed by atoms with E-state index < -0.39 is 11.9 Å². The molecule has 0 radical (unpaired) electrons. The molecule has 0 saturated carbocycles. The lowest BCUT2D eigenvalue weighted by Crippen LogP contribution is -1.92. The van der Waals surface area contributed by atoms with Crippen LogP contribution in [0.25, 0.3) is 0 Å². The molecule has 0 spiro atoms. The van der Waals surface area contributed by atoms with E-state index in [1.54, 1.807) is 0 Å². The second kappa shape index (κ2) is 22.7. The SMILES string of the molecule is C=C.C=C.C=C(C)C(=O)O.C=CC(=O)O. The number of rotatable bonds is 2. The molecule has 15 heavy (non-hydrogen) atoms. The lowest BCUT2D eigenvalue weighted by Gasteiger charge is -1.79. The summed E-state index contributed by atoms with van der Waals surface area (Å²) >= 11 is 0. The highest BCUT2D eigenvalue weighted by Gasteiger charge is 1.90. The first kappa shape index (κ1) is 23.1. The van der Waals surface area contributed by atoms with Crippen molar-refractivity contribution in [3.63, 3.8) is 0 Å². The standard InChI is InChI=1S/C4H6O2.C3H4O2.2C2H4/c1-3(2)4(5)6;1-2-3(4)5;2*1-2/h1H2,2H3,(H,5,6);2H,1H2,(H,4,5);2*1-2H2. The highest BCUT2D eigenvalue weighted by atomic mass is 16.4. The van der Waals surface area contributed by atoms with Gasteiger partial charge in [-0.2, -0.15) is 0 Å². The van der Waals surface area contributed by atoms with E-state index in [4.69, 9.17) is 10.2 Å². The van der Waals surface area contributed by atoms with Crippen LogP contribution < -0.4 is 0 Å². The second-order valence-corrected chi connectivity index (χ2v) is 1.63. The fourth-order valence-corrected chi connectivity index (χ4v) is 0. The minimum Gasteiger partial charge on any atom is -0.478 e. The van der Waals surface area contributed by atoms with Crippen molar-refractivity contribution >= 4 is 11.9 Å². The third kappa shape index (κ3) is 76.7. The second-order valence-electron chi connectivity index (χ2n) is 1.63. The van der Waals surface area contributed by atoms with Crippen molar-refractivity contribution in [3.8, 4) is 0 Å². The largest absolute Gasteiger partial charge is 0.478 e. The molecule has 4 nitrogen and oxygen atoms in total. The number of carboxylic acid groups (broad SMARTS) is 2. The van der Waals surface area contributed by atoms with E-state index in [1.165, 1.54) is 6.92 Å². The van der Waals surface area contributed by atoms with Crippen LogP contribution in [0.2, 0.25) is 0 Å². The van der Waals surface area contributed by atoms with E-state index in [1.807, 2.05) is 0 Å². The summed E-state index contributed by atoms with van der Waals surface area (Å²) in [4.78, 5) is 18.8. The topological polar surface area (TPSA) is 74.6 Å². The summed E-state index contributed by atoms with van der Waals surface area (Å²) in [6.45, 7) is 19.6. The van der Waals surface area contributed by atoms with Crippen molar-refractivity contribution < 1.29 is 19.8 Å². The van der Waals surface area contributed by atoms with Crippen molar-refractivity contribution in [3.05, 3.63) is 51.1 Å². The number of carbonyl (C=O) groups is 2. The Kier molecular flexibility index (Phi) is 34.8. The monoisotopic (exact) mass is 214 g/mol. The van der Waals surface area contributed by atoms with E-state index in [-0.39, 0.29) is 5.57 Å². The smallest absolute Gasteiger partial charge is 0.330 e. The van der Waals surface area contributed by atoms with Crippen LogP contribution in [0.4, 0.5) is 0 Å². The molecule has 0 heterocycles. The van der Waals surface area contributed by atoms with Gasteiger partial charge in [-0.15, -0.1) is 26.3 Å². The Bertz CT molecular complexity index is 193. The van der Waals surface area contributed by atoms with Crippen molar-refractivity contribution in [1.29, 1.82) is 0 Å². The van der Waals surface area contributed by atoms with Crippen molar-refractivity contribution in [2.24, 2.45) is 0 Å². The molecule has 0 rings (SSSR count). The summed E-state index contributed by atoms with van der Waals surface area (Å²) in [6.07, 6.45) is 0.833. The van der Waals surface area contributed by atoms with Crippen LogP contribution in [0.1, 0.15) is 6.92 Å². The summed E-state index contributed by atoms with van der Waals surface area (Å²) in [5, 5.41) is 15.5. The van der Waals surface area contributed by atoms with Crippen LogP contribution in [-0.4, -0.2) is 22.2 Å². The summed E-state index contributed by atoms with van der Waals surface area (Å²) in [6, 6.07) is 0. The van der Waals surface area contributed by atoms with Crippen LogP contribution in [-0.2, 0) is 9.59 Å². The first-order chi connectivity index (χ1) is 6.91. The van der Waals surface area contributed by atoms with Gasteiger partial charge in [0.25, 0.3) is 0 Å². The summed E-state index contributed by atoms with van der Waals surface area (Å²) in [5.74, 6) is -1.92. The Morgan fingerprint density at radius 1 is 1.07 bits per heavy atom. The van der Waals surface area contributed by atoms with Gasteiger partial charge < -0.3 is 10.2 Å².